The first-order valence-corrected chi connectivity index (χ1v) is 5.91. The Balaban J connectivity index is 1.92. The number of hydrogen-bond acceptors (Lipinski definition) is 3. The second-order valence-corrected chi connectivity index (χ2v) is 4.73. The normalized spacial score (nSPS) is 33.7. The summed E-state index contributed by atoms with van der Waals surface area (Å²) in [7, 11) is 2.17. The van der Waals surface area contributed by atoms with Crippen LogP contribution in [0.15, 0.2) is 0 Å². The van der Waals surface area contributed by atoms with Crippen LogP contribution in [0.25, 0.3) is 0 Å². The van der Waals surface area contributed by atoms with Crippen LogP contribution in [-0.2, 0) is 4.79 Å². The third-order valence-electron chi connectivity index (χ3n) is 3.67. The van der Waals surface area contributed by atoms with Crippen molar-refractivity contribution >= 4 is 5.91 Å². The summed E-state index contributed by atoms with van der Waals surface area (Å²) in [6.45, 7) is 4.64. The molecule has 0 aromatic heterocycles. The van der Waals surface area contributed by atoms with Gasteiger partial charge in [-0.1, -0.05) is 6.42 Å². The van der Waals surface area contributed by atoms with Crippen LogP contribution in [0.4, 0.5) is 0 Å². The summed E-state index contributed by atoms with van der Waals surface area (Å²) in [5.74, 6) is 0.251. The Morgan fingerprint density at radius 3 is 2.87 bits per heavy atom. The quantitative estimate of drug-likeness (QED) is 0.711. The van der Waals surface area contributed by atoms with Crippen molar-refractivity contribution in [3.8, 4) is 0 Å². The van der Waals surface area contributed by atoms with Crippen molar-refractivity contribution in [3.05, 3.63) is 0 Å². The molecule has 4 nitrogen and oxygen atoms in total. The first kappa shape index (κ1) is 10.9. The molecule has 0 spiro atoms. The molecule has 15 heavy (non-hydrogen) atoms. The number of hydrogen-bond donors (Lipinski definition) is 1. The van der Waals surface area contributed by atoms with Crippen LogP contribution in [0.5, 0.6) is 0 Å². The highest BCUT2D eigenvalue weighted by atomic mass is 16.2. The zero-order chi connectivity index (χ0) is 10.8. The Morgan fingerprint density at radius 2 is 2.27 bits per heavy atom. The molecule has 0 bridgehead atoms. The summed E-state index contributed by atoms with van der Waals surface area (Å²) < 4.78 is 0. The van der Waals surface area contributed by atoms with E-state index in [0.29, 0.717) is 12.6 Å². The van der Waals surface area contributed by atoms with E-state index in [1.165, 1.54) is 25.8 Å². The maximum absolute atomic E-state index is 11.6. The lowest BCUT2D eigenvalue weighted by molar-refractivity contribution is -0.128. The van der Waals surface area contributed by atoms with E-state index in [1.807, 2.05) is 4.90 Å². The topological polar surface area (TPSA) is 35.6 Å². The van der Waals surface area contributed by atoms with Crippen molar-refractivity contribution in [3.63, 3.8) is 0 Å². The summed E-state index contributed by atoms with van der Waals surface area (Å²) in [4.78, 5) is 16.0. The van der Waals surface area contributed by atoms with Crippen LogP contribution in [0, 0.1) is 0 Å². The van der Waals surface area contributed by atoms with Gasteiger partial charge in [-0.05, 0) is 33.4 Å². The van der Waals surface area contributed by atoms with E-state index in [1.54, 1.807) is 0 Å². The fourth-order valence-electron chi connectivity index (χ4n) is 2.52. The monoisotopic (exact) mass is 211 g/mol. The van der Waals surface area contributed by atoms with Crippen LogP contribution in [0.3, 0.4) is 0 Å². The lowest BCUT2D eigenvalue weighted by Crippen LogP contribution is -2.47. The Hall–Kier alpha value is -0.610. The number of carbonyl (C=O) groups excluding carboxylic acids is 1. The zero-order valence-electron chi connectivity index (χ0n) is 9.70. The van der Waals surface area contributed by atoms with Gasteiger partial charge in [0, 0.05) is 12.6 Å². The van der Waals surface area contributed by atoms with E-state index in [2.05, 4.69) is 24.2 Å². The Bertz CT molecular complexity index is 244. The molecule has 0 aromatic carbocycles. The molecule has 0 aromatic rings. The molecule has 1 N–H and O–H groups in total. The number of nitrogens with one attached hydrogen (secondary N) is 1. The predicted molar refractivity (Wildman–Crippen MR) is 59.4 cm³/mol. The molecule has 2 heterocycles. The minimum absolute atomic E-state index is 0.216. The maximum atomic E-state index is 11.6. The van der Waals surface area contributed by atoms with Crippen LogP contribution in [0.1, 0.15) is 26.2 Å². The van der Waals surface area contributed by atoms with Gasteiger partial charge in [0.15, 0.2) is 0 Å². The van der Waals surface area contributed by atoms with Gasteiger partial charge >= 0.3 is 0 Å². The van der Waals surface area contributed by atoms with Gasteiger partial charge in [-0.2, -0.15) is 0 Å². The van der Waals surface area contributed by atoms with Crippen LogP contribution in [0.2, 0.25) is 0 Å². The molecule has 0 aliphatic carbocycles. The van der Waals surface area contributed by atoms with Gasteiger partial charge in [-0.25, -0.2) is 0 Å². The molecule has 2 aliphatic rings. The van der Waals surface area contributed by atoms with Gasteiger partial charge in [-0.15, -0.1) is 0 Å². The molecule has 4 heteroatoms. The number of amides is 1. The van der Waals surface area contributed by atoms with Crippen LogP contribution >= 0.6 is 0 Å². The highest BCUT2D eigenvalue weighted by Crippen LogP contribution is 2.17. The van der Waals surface area contributed by atoms with Gasteiger partial charge in [0.1, 0.15) is 0 Å². The summed E-state index contributed by atoms with van der Waals surface area (Å²) in [5, 5.41) is 3.18. The third kappa shape index (κ3) is 2.32. The fourth-order valence-corrected chi connectivity index (χ4v) is 2.52. The van der Waals surface area contributed by atoms with Crippen LogP contribution in [-0.4, -0.2) is 54.6 Å². The highest BCUT2D eigenvalue weighted by Gasteiger charge is 2.30. The first-order chi connectivity index (χ1) is 7.18. The molecule has 86 valence electrons. The minimum Gasteiger partial charge on any atom is -0.325 e. The van der Waals surface area contributed by atoms with E-state index in [4.69, 9.17) is 0 Å². The Labute approximate surface area is 91.6 Å². The number of carbonyl (C=O) groups is 1. The molecular formula is C11H21N3O. The van der Waals surface area contributed by atoms with E-state index in [0.717, 1.165) is 6.54 Å². The van der Waals surface area contributed by atoms with E-state index in [9.17, 15) is 4.79 Å². The molecule has 2 aliphatic heterocycles. The molecule has 2 unspecified atom stereocenters. The number of rotatable bonds is 2. The maximum Gasteiger partial charge on any atom is 0.237 e. The third-order valence-corrected chi connectivity index (χ3v) is 3.67. The van der Waals surface area contributed by atoms with Crippen molar-refractivity contribution in [1.29, 1.82) is 0 Å². The second kappa shape index (κ2) is 4.49. The number of likely N-dealkylation sites (N-methyl/N-ethyl adjacent to an activating group) is 1. The smallest absolute Gasteiger partial charge is 0.237 e. The van der Waals surface area contributed by atoms with Crippen molar-refractivity contribution in [2.45, 2.75) is 38.4 Å². The van der Waals surface area contributed by atoms with Gasteiger partial charge in [0.25, 0.3) is 0 Å². The van der Waals surface area contributed by atoms with E-state index >= 15 is 0 Å². The second-order valence-electron chi connectivity index (χ2n) is 4.73. The van der Waals surface area contributed by atoms with Gasteiger partial charge in [0.05, 0.1) is 12.7 Å². The molecule has 0 radical (unpaired) electrons. The standard InChI is InChI=1S/C11H21N3O/c1-9-12-7-11(15)14(9)8-10-5-3-4-6-13(10)2/h9-10,12H,3-8H2,1-2H3. The van der Waals surface area contributed by atoms with Gasteiger partial charge in [-0.3, -0.25) is 10.1 Å². The van der Waals surface area contributed by atoms with E-state index < -0.39 is 0 Å². The van der Waals surface area contributed by atoms with Crippen molar-refractivity contribution < 1.29 is 4.79 Å². The minimum atomic E-state index is 0.216. The number of piperidine rings is 1. The van der Waals surface area contributed by atoms with Crippen LogP contribution < -0.4 is 5.32 Å². The fraction of sp³-hybridized carbons (Fsp3) is 0.909. The van der Waals surface area contributed by atoms with Gasteiger partial charge in [0.2, 0.25) is 5.91 Å². The molecule has 2 fully saturated rings. The molecule has 2 atom stereocenters. The highest BCUT2D eigenvalue weighted by molar-refractivity contribution is 5.80. The molecule has 2 rings (SSSR count). The largest absolute Gasteiger partial charge is 0.325 e. The SMILES string of the molecule is CC1NCC(=O)N1CC1CCCCN1C. The van der Waals surface area contributed by atoms with Crippen molar-refractivity contribution in [1.82, 2.24) is 15.1 Å². The number of likely N-dealkylation sites (tertiary alicyclic amines) is 1. The summed E-state index contributed by atoms with van der Waals surface area (Å²) in [6.07, 6.45) is 4.05. The average molecular weight is 211 g/mol. The predicted octanol–water partition coefficient (Wildman–Crippen LogP) is 0.249. The lowest BCUT2D eigenvalue weighted by atomic mass is 10.0. The molecule has 0 saturated carbocycles. The zero-order valence-corrected chi connectivity index (χ0v) is 9.70. The van der Waals surface area contributed by atoms with Gasteiger partial charge < -0.3 is 9.80 Å². The Morgan fingerprint density at radius 1 is 1.47 bits per heavy atom. The van der Waals surface area contributed by atoms with E-state index in [-0.39, 0.29) is 12.1 Å². The summed E-state index contributed by atoms with van der Waals surface area (Å²) >= 11 is 0. The first-order valence-electron chi connectivity index (χ1n) is 5.91. The summed E-state index contributed by atoms with van der Waals surface area (Å²) in [6, 6.07) is 0.560. The average Bonchev–Trinajstić information content (AvgIpc) is 2.53. The molecular weight excluding hydrogens is 190 g/mol. The summed E-state index contributed by atoms with van der Waals surface area (Å²) in [5.41, 5.74) is 0. The van der Waals surface area contributed by atoms with Crippen molar-refractivity contribution in [2.24, 2.45) is 0 Å². The molecule has 2 saturated heterocycles. The lowest BCUT2D eigenvalue weighted by Gasteiger charge is -2.36. The number of nitrogens with zero attached hydrogens (tertiary/aromatic N) is 2. The molecule has 1 amide bonds. The van der Waals surface area contributed by atoms with Crippen molar-refractivity contribution in [2.75, 3.05) is 26.7 Å². The Kier molecular flexibility index (Phi) is 3.26.